The molecule has 0 saturated heterocycles. The largest absolute Gasteiger partial charge is 0.308 e. The van der Waals surface area contributed by atoms with Gasteiger partial charge in [0.1, 0.15) is 5.82 Å². The molecule has 0 aliphatic carbocycles. The molecule has 94 valence electrons. The van der Waals surface area contributed by atoms with Gasteiger partial charge in [0, 0.05) is 22.1 Å². The summed E-state index contributed by atoms with van der Waals surface area (Å²) in [6, 6.07) is 5.11. The van der Waals surface area contributed by atoms with Crippen molar-refractivity contribution < 1.29 is 4.39 Å². The highest BCUT2D eigenvalue weighted by molar-refractivity contribution is 9.10. The first-order chi connectivity index (χ1) is 7.78. The van der Waals surface area contributed by atoms with Crippen molar-refractivity contribution in [1.29, 1.82) is 0 Å². The topological polar surface area (TPSA) is 12.0 Å². The fraction of sp³-hybridized carbons (Fsp3) is 0.429. The summed E-state index contributed by atoms with van der Waals surface area (Å²) in [7, 11) is 0. The fourth-order valence-corrected chi connectivity index (χ4v) is 1.67. The minimum Gasteiger partial charge on any atom is -0.308 e. The average Bonchev–Trinajstić information content (AvgIpc) is 2.18. The molecule has 0 bridgehead atoms. The molecular formula is C14H19BrFN. The van der Waals surface area contributed by atoms with Crippen molar-refractivity contribution in [2.75, 3.05) is 6.54 Å². The first-order valence-electron chi connectivity index (χ1n) is 5.65. The predicted octanol–water partition coefficient (Wildman–Crippen LogP) is 4.38. The maximum atomic E-state index is 13.6. The minimum atomic E-state index is -0.200. The van der Waals surface area contributed by atoms with Crippen molar-refractivity contribution in [3.8, 4) is 0 Å². The van der Waals surface area contributed by atoms with Gasteiger partial charge in [-0.25, -0.2) is 4.39 Å². The summed E-state index contributed by atoms with van der Waals surface area (Å²) in [5.74, 6) is -0.200. The zero-order chi connectivity index (χ0) is 13.1. The normalized spacial score (nSPS) is 12.9. The van der Waals surface area contributed by atoms with Crippen LogP contribution >= 0.6 is 15.9 Å². The highest BCUT2D eigenvalue weighted by Gasteiger charge is 2.08. The molecule has 0 aromatic heterocycles. The van der Waals surface area contributed by atoms with E-state index < -0.39 is 0 Å². The van der Waals surface area contributed by atoms with Crippen LogP contribution in [0.4, 0.5) is 4.39 Å². The molecule has 0 amide bonds. The van der Waals surface area contributed by atoms with E-state index in [1.54, 1.807) is 6.07 Å². The molecule has 1 nitrogen and oxygen atoms in total. The van der Waals surface area contributed by atoms with Crippen LogP contribution in [-0.2, 0) is 0 Å². The maximum Gasteiger partial charge on any atom is 0.131 e. The molecule has 0 saturated carbocycles. The molecule has 3 heteroatoms. The lowest BCUT2D eigenvalue weighted by molar-refractivity contribution is 0.445. The van der Waals surface area contributed by atoms with Crippen molar-refractivity contribution >= 4 is 22.0 Å². The Balaban J connectivity index is 2.74. The molecule has 0 fully saturated rings. The lowest BCUT2D eigenvalue weighted by Crippen LogP contribution is -2.36. The molecule has 1 aromatic carbocycles. The van der Waals surface area contributed by atoms with Gasteiger partial charge in [0.25, 0.3) is 0 Å². The van der Waals surface area contributed by atoms with Crippen molar-refractivity contribution in [3.63, 3.8) is 0 Å². The van der Waals surface area contributed by atoms with E-state index in [4.69, 9.17) is 0 Å². The predicted molar refractivity (Wildman–Crippen MR) is 75.5 cm³/mol. The Morgan fingerprint density at radius 2 is 2.06 bits per heavy atom. The lowest BCUT2D eigenvalue weighted by Gasteiger charge is -2.20. The number of benzene rings is 1. The van der Waals surface area contributed by atoms with E-state index >= 15 is 0 Å². The van der Waals surface area contributed by atoms with Crippen LogP contribution in [0.3, 0.4) is 0 Å². The zero-order valence-corrected chi connectivity index (χ0v) is 12.4. The van der Waals surface area contributed by atoms with E-state index in [0.717, 1.165) is 16.6 Å². The van der Waals surface area contributed by atoms with Crippen molar-refractivity contribution in [1.82, 2.24) is 5.32 Å². The zero-order valence-electron chi connectivity index (χ0n) is 10.8. The highest BCUT2D eigenvalue weighted by Crippen LogP contribution is 2.17. The quantitative estimate of drug-likeness (QED) is 0.873. The molecule has 17 heavy (non-hydrogen) atoms. The van der Waals surface area contributed by atoms with Gasteiger partial charge in [-0.15, -0.1) is 0 Å². The molecule has 0 heterocycles. The van der Waals surface area contributed by atoms with Gasteiger partial charge in [0.05, 0.1) is 0 Å². The second-order valence-corrected chi connectivity index (χ2v) is 6.18. The molecule has 0 atom stereocenters. The average molecular weight is 300 g/mol. The Hall–Kier alpha value is -0.670. The Bertz CT molecular complexity index is 419. The summed E-state index contributed by atoms with van der Waals surface area (Å²) in [4.78, 5) is 0. The van der Waals surface area contributed by atoms with Crippen LogP contribution < -0.4 is 5.32 Å². The molecule has 1 rings (SSSR count). The summed E-state index contributed by atoms with van der Waals surface area (Å²) in [5, 5.41) is 3.37. The Kier molecular flexibility index (Phi) is 4.90. The number of hydrogen-bond donors (Lipinski definition) is 1. The summed E-state index contributed by atoms with van der Waals surface area (Å²) in [6.07, 6.45) is 1.88. The Morgan fingerprint density at radius 1 is 1.41 bits per heavy atom. The van der Waals surface area contributed by atoms with Gasteiger partial charge in [-0.3, -0.25) is 0 Å². The van der Waals surface area contributed by atoms with Gasteiger partial charge in [0.15, 0.2) is 0 Å². The van der Waals surface area contributed by atoms with Crippen LogP contribution in [0.1, 0.15) is 33.3 Å². The number of rotatable bonds is 3. The molecule has 0 radical (unpaired) electrons. The third kappa shape index (κ3) is 5.46. The van der Waals surface area contributed by atoms with Crippen LogP contribution in [0, 0.1) is 5.82 Å². The second kappa shape index (κ2) is 5.78. The molecule has 0 aliphatic heterocycles. The van der Waals surface area contributed by atoms with E-state index in [1.807, 2.05) is 19.1 Å². The lowest BCUT2D eigenvalue weighted by atomic mass is 10.1. The SMILES string of the molecule is CC(=Cc1ccc(Br)cc1F)CNC(C)(C)C. The number of halogens is 2. The van der Waals surface area contributed by atoms with Crippen LogP contribution in [0.5, 0.6) is 0 Å². The maximum absolute atomic E-state index is 13.6. The fourth-order valence-electron chi connectivity index (χ4n) is 1.34. The standard InChI is InChI=1S/C14H19BrFN/c1-10(9-17-14(2,3)4)7-11-5-6-12(15)8-13(11)16/h5-8,17H,9H2,1-4H3. The van der Waals surface area contributed by atoms with E-state index in [1.165, 1.54) is 6.07 Å². The van der Waals surface area contributed by atoms with Gasteiger partial charge in [-0.2, -0.15) is 0 Å². The van der Waals surface area contributed by atoms with E-state index in [-0.39, 0.29) is 11.4 Å². The van der Waals surface area contributed by atoms with Crippen molar-refractivity contribution in [2.45, 2.75) is 33.2 Å². The third-order valence-corrected chi connectivity index (χ3v) is 2.76. The van der Waals surface area contributed by atoms with Crippen LogP contribution in [0.15, 0.2) is 28.2 Å². The summed E-state index contributed by atoms with van der Waals surface area (Å²) < 4.78 is 14.4. The smallest absolute Gasteiger partial charge is 0.131 e. The van der Waals surface area contributed by atoms with E-state index in [9.17, 15) is 4.39 Å². The van der Waals surface area contributed by atoms with Crippen LogP contribution in [0.25, 0.3) is 6.08 Å². The van der Waals surface area contributed by atoms with Crippen molar-refractivity contribution in [3.05, 3.63) is 39.6 Å². The Labute approximate surface area is 111 Å². The van der Waals surface area contributed by atoms with E-state index in [0.29, 0.717) is 5.56 Å². The number of nitrogens with one attached hydrogen (secondary N) is 1. The van der Waals surface area contributed by atoms with E-state index in [2.05, 4.69) is 42.0 Å². The molecule has 0 spiro atoms. The summed E-state index contributed by atoms with van der Waals surface area (Å²) in [6.45, 7) is 9.10. The molecule has 0 unspecified atom stereocenters. The molecule has 1 aromatic rings. The Morgan fingerprint density at radius 3 is 2.59 bits per heavy atom. The van der Waals surface area contributed by atoms with Crippen LogP contribution in [0.2, 0.25) is 0 Å². The highest BCUT2D eigenvalue weighted by atomic mass is 79.9. The van der Waals surface area contributed by atoms with Gasteiger partial charge in [-0.1, -0.05) is 33.6 Å². The molecule has 1 N–H and O–H groups in total. The monoisotopic (exact) mass is 299 g/mol. The van der Waals surface area contributed by atoms with Gasteiger partial charge in [0.2, 0.25) is 0 Å². The van der Waals surface area contributed by atoms with Gasteiger partial charge >= 0.3 is 0 Å². The van der Waals surface area contributed by atoms with Gasteiger partial charge in [-0.05, 0) is 39.8 Å². The first kappa shape index (κ1) is 14.4. The van der Waals surface area contributed by atoms with Crippen molar-refractivity contribution in [2.24, 2.45) is 0 Å². The number of hydrogen-bond acceptors (Lipinski definition) is 1. The van der Waals surface area contributed by atoms with Gasteiger partial charge < -0.3 is 5.32 Å². The third-order valence-electron chi connectivity index (χ3n) is 2.26. The summed E-state index contributed by atoms with van der Waals surface area (Å²) in [5.41, 5.74) is 1.82. The second-order valence-electron chi connectivity index (χ2n) is 5.26. The first-order valence-corrected chi connectivity index (χ1v) is 6.44. The minimum absolute atomic E-state index is 0.0767. The molecule has 0 aliphatic rings. The summed E-state index contributed by atoms with van der Waals surface area (Å²) >= 11 is 3.25. The molecular weight excluding hydrogens is 281 g/mol. The van der Waals surface area contributed by atoms with Crippen LogP contribution in [-0.4, -0.2) is 12.1 Å².